The van der Waals surface area contributed by atoms with Crippen LogP contribution in [0.5, 0.6) is 0 Å². The number of aromatic nitrogens is 4. The molecule has 29 heavy (non-hydrogen) atoms. The molecule has 3 aromatic rings. The molecule has 0 bridgehead atoms. The lowest BCUT2D eigenvalue weighted by atomic mass is 10.3. The first-order chi connectivity index (χ1) is 14.0. The Morgan fingerprint density at radius 3 is 2.21 bits per heavy atom. The molecule has 0 radical (unpaired) electrons. The maximum absolute atomic E-state index is 12.8. The molecule has 2 aromatic carbocycles. The number of nitrogens with zero attached hydrogens (tertiary/aromatic N) is 7. The summed E-state index contributed by atoms with van der Waals surface area (Å²) < 4.78 is 28.7. The highest BCUT2D eigenvalue weighted by Crippen LogP contribution is 2.23. The number of benzene rings is 2. The van der Waals surface area contributed by atoms with Crippen LogP contribution in [0.15, 0.2) is 59.5 Å². The second-order valence-electron chi connectivity index (χ2n) is 6.37. The Hall–Kier alpha value is -3.38. The predicted octanol–water partition coefficient (Wildman–Crippen LogP) is 1.08. The smallest absolute Gasteiger partial charge is 0.269 e. The maximum atomic E-state index is 12.8. The van der Waals surface area contributed by atoms with Crippen molar-refractivity contribution >= 4 is 21.7 Å². The Bertz CT molecular complexity index is 1110. The summed E-state index contributed by atoms with van der Waals surface area (Å²) in [7, 11) is -3.73. The topological polar surface area (TPSA) is 127 Å². The molecule has 12 heteroatoms. The quantitative estimate of drug-likeness (QED) is 0.447. The Kier molecular flexibility index (Phi) is 4.94. The maximum Gasteiger partial charge on any atom is 0.269 e. The van der Waals surface area contributed by atoms with Gasteiger partial charge in [0.25, 0.3) is 5.69 Å². The van der Waals surface area contributed by atoms with Crippen LogP contribution in [0.25, 0.3) is 5.69 Å². The summed E-state index contributed by atoms with van der Waals surface area (Å²) in [6.07, 6.45) is 0. The summed E-state index contributed by atoms with van der Waals surface area (Å²) in [5.41, 5.74) is 0.662. The van der Waals surface area contributed by atoms with E-state index >= 15 is 0 Å². The minimum absolute atomic E-state index is 0.0330. The summed E-state index contributed by atoms with van der Waals surface area (Å²) in [5.74, 6) is 0.545. The van der Waals surface area contributed by atoms with Crippen LogP contribution >= 0.6 is 0 Å². The summed E-state index contributed by atoms with van der Waals surface area (Å²) in [6.45, 7) is 1.33. The number of nitro groups is 1. The summed E-state index contributed by atoms with van der Waals surface area (Å²) in [4.78, 5) is 12.2. The van der Waals surface area contributed by atoms with Crippen LogP contribution in [-0.4, -0.2) is 64.0 Å². The zero-order valence-electron chi connectivity index (χ0n) is 15.2. The van der Waals surface area contributed by atoms with Gasteiger partial charge in [-0.1, -0.05) is 23.3 Å². The van der Waals surface area contributed by atoms with Crippen molar-refractivity contribution in [3.63, 3.8) is 0 Å². The van der Waals surface area contributed by atoms with Crippen LogP contribution in [0, 0.1) is 10.1 Å². The molecule has 1 aliphatic rings. The average molecular weight is 415 g/mol. The first-order valence-electron chi connectivity index (χ1n) is 8.80. The third-order valence-corrected chi connectivity index (χ3v) is 6.57. The van der Waals surface area contributed by atoms with Gasteiger partial charge in [0, 0.05) is 38.3 Å². The van der Waals surface area contributed by atoms with E-state index < -0.39 is 14.9 Å². The van der Waals surface area contributed by atoms with Gasteiger partial charge < -0.3 is 4.90 Å². The Morgan fingerprint density at radius 1 is 0.931 bits per heavy atom. The van der Waals surface area contributed by atoms with Crippen molar-refractivity contribution < 1.29 is 13.3 Å². The van der Waals surface area contributed by atoms with E-state index in [4.69, 9.17) is 0 Å². The van der Waals surface area contributed by atoms with Gasteiger partial charge in [-0.15, -0.1) is 0 Å². The van der Waals surface area contributed by atoms with Crippen molar-refractivity contribution in [3.8, 4) is 5.69 Å². The zero-order chi connectivity index (χ0) is 20.4. The number of piperazine rings is 1. The molecular weight excluding hydrogens is 398 g/mol. The fourth-order valence-electron chi connectivity index (χ4n) is 3.13. The van der Waals surface area contributed by atoms with Gasteiger partial charge in [-0.2, -0.15) is 8.99 Å². The van der Waals surface area contributed by atoms with Crippen LogP contribution in [0.4, 0.5) is 11.6 Å². The van der Waals surface area contributed by atoms with Crippen molar-refractivity contribution in [1.82, 2.24) is 24.5 Å². The van der Waals surface area contributed by atoms with Crippen molar-refractivity contribution in [2.75, 3.05) is 31.1 Å². The molecule has 0 amide bonds. The van der Waals surface area contributed by atoms with Crippen molar-refractivity contribution in [2.24, 2.45) is 0 Å². The molecule has 1 fully saturated rings. The van der Waals surface area contributed by atoms with E-state index in [1.54, 1.807) is 4.68 Å². The van der Waals surface area contributed by atoms with Gasteiger partial charge in [0.1, 0.15) is 0 Å². The van der Waals surface area contributed by atoms with Crippen LogP contribution < -0.4 is 4.90 Å². The number of anilines is 1. The number of sulfonamides is 1. The van der Waals surface area contributed by atoms with E-state index in [2.05, 4.69) is 15.5 Å². The highest BCUT2D eigenvalue weighted by molar-refractivity contribution is 7.89. The van der Waals surface area contributed by atoms with Crippen molar-refractivity contribution in [2.45, 2.75) is 4.90 Å². The minimum atomic E-state index is -3.73. The summed E-state index contributed by atoms with van der Waals surface area (Å²) >= 11 is 0. The highest BCUT2D eigenvalue weighted by atomic mass is 32.2. The summed E-state index contributed by atoms with van der Waals surface area (Å²) in [6, 6.07) is 14.3. The molecule has 150 valence electrons. The largest absolute Gasteiger partial charge is 0.337 e. The fraction of sp³-hybridized carbons (Fsp3) is 0.235. The number of hydrogen-bond acceptors (Lipinski definition) is 8. The second-order valence-corrected chi connectivity index (χ2v) is 8.31. The third-order valence-electron chi connectivity index (χ3n) is 4.66. The number of para-hydroxylation sites is 1. The molecule has 2 heterocycles. The number of tetrazole rings is 1. The van der Waals surface area contributed by atoms with Crippen LogP contribution in [0.1, 0.15) is 0 Å². The molecule has 0 atom stereocenters. The molecule has 1 saturated heterocycles. The lowest BCUT2D eigenvalue weighted by Gasteiger charge is -2.34. The van der Waals surface area contributed by atoms with E-state index in [-0.39, 0.29) is 23.7 Å². The Labute approximate surface area is 166 Å². The Morgan fingerprint density at radius 2 is 1.59 bits per heavy atom. The van der Waals surface area contributed by atoms with E-state index in [9.17, 15) is 18.5 Å². The lowest BCUT2D eigenvalue weighted by Crippen LogP contribution is -2.49. The fourth-order valence-corrected chi connectivity index (χ4v) is 4.56. The highest BCUT2D eigenvalue weighted by Gasteiger charge is 2.30. The number of non-ortho nitro benzene ring substituents is 1. The number of nitro benzene ring substituents is 1. The van der Waals surface area contributed by atoms with Gasteiger partial charge in [0.15, 0.2) is 0 Å². The molecule has 0 N–H and O–H groups in total. The third kappa shape index (κ3) is 3.67. The molecule has 0 spiro atoms. The standard InChI is InChI=1S/C17H17N7O4S/c25-24(26)15-6-8-16(9-7-15)29(27,28)22-12-10-21(11-13-22)17-18-19-20-23(17)14-4-2-1-3-5-14/h1-9H,10-13H2. The van der Waals surface area contributed by atoms with Gasteiger partial charge in [0.2, 0.25) is 16.0 Å². The Balaban J connectivity index is 1.49. The monoisotopic (exact) mass is 415 g/mol. The molecule has 0 saturated carbocycles. The van der Waals surface area contributed by atoms with E-state index in [1.807, 2.05) is 35.2 Å². The van der Waals surface area contributed by atoms with Crippen LogP contribution in [0.3, 0.4) is 0 Å². The van der Waals surface area contributed by atoms with Gasteiger partial charge in [-0.3, -0.25) is 10.1 Å². The van der Waals surface area contributed by atoms with Crippen LogP contribution in [-0.2, 0) is 10.0 Å². The second kappa shape index (κ2) is 7.56. The average Bonchev–Trinajstić information content (AvgIpc) is 3.24. The zero-order valence-corrected chi connectivity index (χ0v) is 16.0. The minimum Gasteiger partial charge on any atom is -0.337 e. The first-order valence-corrected chi connectivity index (χ1v) is 10.2. The van der Waals surface area contributed by atoms with E-state index in [1.165, 1.54) is 28.6 Å². The van der Waals surface area contributed by atoms with Gasteiger partial charge in [-0.25, -0.2) is 8.42 Å². The molecule has 1 aromatic heterocycles. The van der Waals surface area contributed by atoms with Crippen molar-refractivity contribution in [3.05, 3.63) is 64.7 Å². The van der Waals surface area contributed by atoms with E-state index in [0.29, 0.717) is 19.0 Å². The molecule has 11 nitrogen and oxygen atoms in total. The normalized spacial score (nSPS) is 15.4. The van der Waals surface area contributed by atoms with Gasteiger partial charge in [-0.05, 0) is 34.7 Å². The lowest BCUT2D eigenvalue weighted by molar-refractivity contribution is -0.384. The van der Waals surface area contributed by atoms with Gasteiger partial charge in [0.05, 0.1) is 15.5 Å². The van der Waals surface area contributed by atoms with Gasteiger partial charge >= 0.3 is 0 Å². The molecule has 0 aliphatic carbocycles. The molecule has 4 rings (SSSR count). The van der Waals surface area contributed by atoms with Crippen molar-refractivity contribution in [1.29, 1.82) is 0 Å². The number of hydrogen-bond donors (Lipinski definition) is 0. The SMILES string of the molecule is O=[N+]([O-])c1ccc(S(=O)(=O)N2CCN(c3nnnn3-c3ccccc3)CC2)cc1. The molecular formula is C17H17N7O4S. The van der Waals surface area contributed by atoms with Crippen LogP contribution in [0.2, 0.25) is 0 Å². The van der Waals surface area contributed by atoms with E-state index in [0.717, 1.165) is 5.69 Å². The molecule has 1 aliphatic heterocycles. The summed E-state index contributed by atoms with van der Waals surface area (Å²) in [5, 5.41) is 22.6. The first kappa shape index (κ1) is 19.0. The predicted molar refractivity (Wildman–Crippen MR) is 103 cm³/mol. The number of rotatable bonds is 5. The molecule has 0 unspecified atom stereocenters.